The van der Waals surface area contributed by atoms with Gasteiger partial charge in [-0.1, -0.05) is 0 Å². The van der Waals surface area contributed by atoms with Crippen LogP contribution in [0.5, 0.6) is 0 Å². The van der Waals surface area contributed by atoms with Gasteiger partial charge in [-0.3, -0.25) is 4.79 Å². The van der Waals surface area contributed by atoms with Crippen molar-refractivity contribution in [3.8, 4) is 0 Å². The molecule has 0 aromatic heterocycles. The summed E-state index contributed by atoms with van der Waals surface area (Å²) in [7, 11) is 0. The molecule has 0 saturated heterocycles. The molecular formula is C9H14O4. The average Bonchev–Trinajstić information content (AvgIpc) is 2.00. The molecule has 0 saturated carbocycles. The quantitative estimate of drug-likeness (QED) is 0.495. The normalized spacial score (nSPS) is 10.8. The zero-order chi connectivity index (χ0) is 10.3. The van der Waals surface area contributed by atoms with E-state index in [4.69, 9.17) is 0 Å². The summed E-state index contributed by atoms with van der Waals surface area (Å²) in [5, 5.41) is 0. The Balaban J connectivity index is 3.76. The molecule has 0 radical (unpaired) electrons. The van der Waals surface area contributed by atoms with Crippen LogP contribution in [0.25, 0.3) is 0 Å². The van der Waals surface area contributed by atoms with E-state index in [1.807, 2.05) is 0 Å². The van der Waals surface area contributed by atoms with Crippen molar-refractivity contribution < 1.29 is 19.1 Å². The van der Waals surface area contributed by atoms with Gasteiger partial charge in [-0.05, 0) is 32.4 Å². The minimum atomic E-state index is -0.709. The monoisotopic (exact) mass is 186 g/mol. The number of allylic oxidation sites excluding steroid dienone is 1. The molecule has 0 unspecified atom stereocenters. The van der Waals surface area contributed by atoms with Gasteiger partial charge in [0.2, 0.25) is 0 Å². The Kier molecular flexibility index (Phi) is 5.59. The fourth-order valence-electron chi connectivity index (χ4n) is 0.721. The summed E-state index contributed by atoms with van der Waals surface area (Å²) >= 11 is 0. The Morgan fingerprint density at radius 3 is 2.31 bits per heavy atom. The van der Waals surface area contributed by atoms with Crippen LogP contribution in [0.2, 0.25) is 0 Å². The van der Waals surface area contributed by atoms with Gasteiger partial charge in [0.1, 0.15) is 6.61 Å². The van der Waals surface area contributed by atoms with E-state index in [2.05, 4.69) is 9.47 Å². The zero-order valence-electron chi connectivity index (χ0n) is 8.12. The number of carbonyl (C=O) groups excluding carboxylic acids is 2. The van der Waals surface area contributed by atoms with Crippen molar-refractivity contribution in [1.29, 1.82) is 0 Å². The molecule has 0 aromatic carbocycles. The molecular weight excluding hydrogens is 172 g/mol. The molecule has 74 valence electrons. The lowest BCUT2D eigenvalue weighted by Gasteiger charge is -2.03. The van der Waals surface area contributed by atoms with E-state index >= 15 is 0 Å². The van der Waals surface area contributed by atoms with Crippen LogP contribution in [0.4, 0.5) is 4.79 Å². The molecule has 0 bridgehead atoms. The third kappa shape index (κ3) is 7.05. The van der Waals surface area contributed by atoms with Crippen LogP contribution < -0.4 is 0 Å². The fourth-order valence-corrected chi connectivity index (χ4v) is 0.721. The van der Waals surface area contributed by atoms with E-state index in [0.717, 1.165) is 0 Å². The van der Waals surface area contributed by atoms with E-state index in [1.54, 1.807) is 13.8 Å². The van der Waals surface area contributed by atoms with Gasteiger partial charge in [-0.2, -0.15) is 0 Å². The van der Waals surface area contributed by atoms with E-state index in [0.29, 0.717) is 5.57 Å². The van der Waals surface area contributed by atoms with Crippen LogP contribution in [0.3, 0.4) is 0 Å². The predicted molar refractivity (Wildman–Crippen MR) is 47.4 cm³/mol. The smallest absolute Gasteiger partial charge is 0.435 e. The van der Waals surface area contributed by atoms with Crippen LogP contribution >= 0.6 is 0 Å². The second-order valence-corrected chi connectivity index (χ2v) is 2.57. The predicted octanol–water partition coefficient (Wildman–Crippen LogP) is 1.69. The van der Waals surface area contributed by atoms with Gasteiger partial charge >= 0.3 is 6.16 Å². The standard InChI is InChI=1S/C9H14O4/c1-4-12-9(11)13-6-7(2)5-8(3)10/h5H,4,6H2,1-3H3/b7-5+. The third-order valence-corrected chi connectivity index (χ3v) is 1.13. The third-order valence-electron chi connectivity index (χ3n) is 1.13. The molecule has 0 aliphatic heterocycles. The molecule has 0 amide bonds. The minimum Gasteiger partial charge on any atom is -0.435 e. The second-order valence-electron chi connectivity index (χ2n) is 2.57. The van der Waals surface area contributed by atoms with E-state index in [-0.39, 0.29) is 19.0 Å². The van der Waals surface area contributed by atoms with Gasteiger partial charge in [0.15, 0.2) is 5.78 Å². The maximum Gasteiger partial charge on any atom is 0.508 e. The van der Waals surface area contributed by atoms with Gasteiger partial charge in [0, 0.05) is 0 Å². The number of ketones is 1. The molecule has 0 fully saturated rings. The van der Waals surface area contributed by atoms with E-state index in [1.165, 1.54) is 13.0 Å². The first-order valence-corrected chi connectivity index (χ1v) is 4.03. The average molecular weight is 186 g/mol. The Morgan fingerprint density at radius 1 is 1.23 bits per heavy atom. The molecule has 0 aromatic rings. The second kappa shape index (κ2) is 6.22. The first-order chi connectivity index (χ1) is 6.06. The minimum absolute atomic E-state index is 0.0649. The summed E-state index contributed by atoms with van der Waals surface area (Å²) < 4.78 is 9.19. The van der Waals surface area contributed by atoms with Crippen LogP contribution in [-0.2, 0) is 14.3 Å². The van der Waals surface area contributed by atoms with Crippen molar-refractivity contribution in [1.82, 2.24) is 0 Å². The van der Waals surface area contributed by atoms with Crippen molar-refractivity contribution in [2.75, 3.05) is 13.2 Å². The molecule has 13 heavy (non-hydrogen) atoms. The molecule has 4 nitrogen and oxygen atoms in total. The zero-order valence-corrected chi connectivity index (χ0v) is 8.12. The summed E-state index contributed by atoms with van der Waals surface area (Å²) in [6.07, 6.45) is 0.706. The molecule has 0 N–H and O–H groups in total. The number of hydrogen-bond donors (Lipinski definition) is 0. The first-order valence-electron chi connectivity index (χ1n) is 4.03. The Hall–Kier alpha value is -1.32. The lowest BCUT2D eigenvalue weighted by atomic mass is 10.2. The highest BCUT2D eigenvalue weighted by molar-refractivity contribution is 5.87. The summed E-state index contributed by atoms with van der Waals surface area (Å²) in [6, 6.07) is 0. The van der Waals surface area contributed by atoms with Crippen LogP contribution in [0, 0.1) is 0 Å². The highest BCUT2D eigenvalue weighted by atomic mass is 16.7. The van der Waals surface area contributed by atoms with Gasteiger partial charge in [0.05, 0.1) is 6.61 Å². The fraction of sp³-hybridized carbons (Fsp3) is 0.556. The summed E-state index contributed by atoms with van der Waals surface area (Å²) in [5.74, 6) is -0.0649. The largest absolute Gasteiger partial charge is 0.508 e. The number of carbonyl (C=O) groups is 2. The molecule has 4 heteroatoms. The maximum absolute atomic E-state index is 10.7. The molecule has 0 spiro atoms. The van der Waals surface area contributed by atoms with Crippen LogP contribution in [-0.4, -0.2) is 25.2 Å². The van der Waals surface area contributed by atoms with E-state index in [9.17, 15) is 9.59 Å². The van der Waals surface area contributed by atoms with Gasteiger partial charge < -0.3 is 9.47 Å². The molecule has 0 heterocycles. The highest BCUT2D eigenvalue weighted by Crippen LogP contribution is 1.95. The van der Waals surface area contributed by atoms with Gasteiger partial charge in [-0.25, -0.2) is 4.79 Å². The van der Waals surface area contributed by atoms with Gasteiger partial charge in [0.25, 0.3) is 0 Å². The van der Waals surface area contributed by atoms with Crippen molar-refractivity contribution in [3.05, 3.63) is 11.6 Å². The molecule has 0 rings (SSSR count). The topological polar surface area (TPSA) is 52.6 Å². The van der Waals surface area contributed by atoms with Crippen molar-refractivity contribution in [2.45, 2.75) is 20.8 Å². The van der Waals surface area contributed by atoms with E-state index < -0.39 is 6.16 Å². The SMILES string of the molecule is CCOC(=O)OC/C(C)=C/C(C)=O. The Morgan fingerprint density at radius 2 is 1.85 bits per heavy atom. The number of ether oxygens (including phenoxy) is 2. The molecule has 0 atom stereocenters. The summed E-state index contributed by atoms with van der Waals surface area (Å²) in [6.45, 7) is 5.22. The number of hydrogen-bond acceptors (Lipinski definition) is 4. The Bertz CT molecular complexity index is 218. The number of rotatable bonds is 4. The van der Waals surface area contributed by atoms with Crippen molar-refractivity contribution in [3.63, 3.8) is 0 Å². The van der Waals surface area contributed by atoms with Crippen LogP contribution in [0.1, 0.15) is 20.8 Å². The highest BCUT2D eigenvalue weighted by Gasteiger charge is 2.01. The molecule has 0 aliphatic carbocycles. The lowest BCUT2D eigenvalue weighted by Crippen LogP contribution is -2.09. The van der Waals surface area contributed by atoms with Crippen molar-refractivity contribution in [2.24, 2.45) is 0 Å². The van der Waals surface area contributed by atoms with Gasteiger partial charge in [-0.15, -0.1) is 0 Å². The van der Waals surface area contributed by atoms with Crippen molar-refractivity contribution >= 4 is 11.9 Å². The van der Waals surface area contributed by atoms with Crippen LogP contribution in [0.15, 0.2) is 11.6 Å². The maximum atomic E-state index is 10.7. The molecule has 0 aliphatic rings. The Labute approximate surface area is 77.5 Å². The first kappa shape index (κ1) is 11.7. The summed E-state index contributed by atoms with van der Waals surface area (Å²) in [4.78, 5) is 21.3. The summed E-state index contributed by atoms with van der Waals surface area (Å²) in [5.41, 5.74) is 0.695. The lowest BCUT2D eigenvalue weighted by molar-refractivity contribution is -0.112.